The zero-order chi connectivity index (χ0) is 12.8. The zero-order valence-corrected chi connectivity index (χ0v) is 11.6. The van der Waals surface area contributed by atoms with Crippen LogP contribution in [0.1, 0.15) is 11.7 Å². The summed E-state index contributed by atoms with van der Waals surface area (Å²) in [5.74, 6) is -0.0597. The van der Waals surface area contributed by atoms with Crippen LogP contribution in [0.4, 0.5) is 0 Å². The maximum atomic E-state index is 11.1. The Labute approximate surface area is 110 Å². The van der Waals surface area contributed by atoms with Crippen molar-refractivity contribution in [3.05, 3.63) is 34.3 Å². The van der Waals surface area contributed by atoms with Crippen LogP contribution in [-0.4, -0.2) is 43.1 Å². The monoisotopic (exact) mass is 300 g/mol. The van der Waals surface area contributed by atoms with E-state index in [9.17, 15) is 9.90 Å². The van der Waals surface area contributed by atoms with E-state index in [1.807, 2.05) is 24.3 Å². The highest BCUT2D eigenvalue weighted by Gasteiger charge is 2.12. The van der Waals surface area contributed by atoms with Crippen molar-refractivity contribution in [2.45, 2.75) is 6.10 Å². The van der Waals surface area contributed by atoms with Crippen molar-refractivity contribution in [2.24, 2.45) is 0 Å². The first kappa shape index (κ1) is 14.2. The summed E-state index contributed by atoms with van der Waals surface area (Å²) in [6, 6.07) is 7.50. The first-order valence-corrected chi connectivity index (χ1v) is 6.15. The number of nitrogens with one attached hydrogen (secondary N) is 1. The Hall–Kier alpha value is -0.910. The molecule has 0 heterocycles. The molecule has 0 aliphatic carbocycles. The van der Waals surface area contributed by atoms with Gasteiger partial charge in [0.1, 0.15) is 0 Å². The smallest absolute Gasteiger partial charge is 0.233 e. The fourth-order valence-electron chi connectivity index (χ4n) is 1.47. The molecule has 0 spiro atoms. The van der Waals surface area contributed by atoms with E-state index in [-0.39, 0.29) is 12.5 Å². The molecule has 0 bridgehead atoms. The average molecular weight is 301 g/mol. The minimum atomic E-state index is -0.585. The lowest BCUT2D eigenvalue weighted by Gasteiger charge is -2.19. The van der Waals surface area contributed by atoms with Crippen LogP contribution in [0.25, 0.3) is 0 Å². The van der Waals surface area contributed by atoms with Gasteiger partial charge in [-0.25, -0.2) is 0 Å². The molecule has 1 atom stereocenters. The van der Waals surface area contributed by atoms with Crippen LogP contribution in [0.15, 0.2) is 28.7 Å². The van der Waals surface area contributed by atoms with Crippen molar-refractivity contribution in [2.75, 3.05) is 27.2 Å². The van der Waals surface area contributed by atoms with Gasteiger partial charge in [-0.2, -0.15) is 0 Å². The number of hydrogen-bond acceptors (Lipinski definition) is 3. The summed E-state index contributed by atoms with van der Waals surface area (Å²) in [4.78, 5) is 12.9. The van der Waals surface area contributed by atoms with Crippen molar-refractivity contribution < 1.29 is 9.90 Å². The van der Waals surface area contributed by atoms with Crippen molar-refractivity contribution in [1.82, 2.24) is 10.2 Å². The Kier molecular flexibility index (Phi) is 5.61. The number of hydrogen-bond donors (Lipinski definition) is 2. The average Bonchev–Trinajstić information content (AvgIpc) is 2.29. The van der Waals surface area contributed by atoms with Crippen LogP contribution in [0, 0.1) is 0 Å². The third kappa shape index (κ3) is 4.85. The molecule has 0 aliphatic rings. The lowest BCUT2D eigenvalue weighted by Crippen LogP contribution is -2.35. The Morgan fingerprint density at radius 2 is 2.06 bits per heavy atom. The number of benzene rings is 1. The molecule has 1 unspecified atom stereocenters. The van der Waals surface area contributed by atoms with Crippen LogP contribution >= 0.6 is 15.9 Å². The normalized spacial score (nSPS) is 12.5. The summed E-state index contributed by atoms with van der Waals surface area (Å²) in [7, 11) is 3.40. The van der Waals surface area contributed by atoms with E-state index in [1.165, 1.54) is 0 Å². The van der Waals surface area contributed by atoms with Gasteiger partial charge < -0.3 is 10.4 Å². The molecular formula is C12H17BrN2O2. The second kappa shape index (κ2) is 6.74. The van der Waals surface area contributed by atoms with Gasteiger partial charge in [0.25, 0.3) is 0 Å². The van der Waals surface area contributed by atoms with Crippen LogP contribution in [-0.2, 0) is 4.79 Å². The fourth-order valence-corrected chi connectivity index (χ4v) is 1.74. The van der Waals surface area contributed by atoms with Gasteiger partial charge in [0.05, 0.1) is 12.6 Å². The van der Waals surface area contributed by atoms with Gasteiger partial charge >= 0.3 is 0 Å². The third-order valence-corrected chi connectivity index (χ3v) is 2.96. The van der Waals surface area contributed by atoms with Crippen molar-refractivity contribution in [1.29, 1.82) is 0 Å². The molecule has 0 aromatic heterocycles. The van der Waals surface area contributed by atoms with E-state index in [2.05, 4.69) is 21.2 Å². The molecule has 0 saturated carbocycles. The van der Waals surface area contributed by atoms with Crippen LogP contribution < -0.4 is 5.32 Å². The fraction of sp³-hybridized carbons (Fsp3) is 0.417. The molecule has 0 aliphatic heterocycles. The lowest BCUT2D eigenvalue weighted by atomic mass is 10.1. The molecular weight excluding hydrogens is 284 g/mol. The number of amides is 1. The first-order valence-electron chi connectivity index (χ1n) is 5.35. The number of carbonyl (C=O) groups is 1. The Balaban J connectivity index is 2.51. The third-order valence-electron chi connectivity index (χ3n) is 2.43. The van der Waals surface area contributed by atoms with Gasteiger partial charge in [-0.3, -0.25) is 9.69 Å². The molecule has 0 fully saturated rings. The largest absolute Gasteiger partial charge is 0.387 e. The van der Waals surface area contributed by atoms with E-state index < -0.39 is 6.10 Å². The van der Waals surface area contributed by atoms with Crippen molar-refractivity contribution >= 4 is 21.8 Å². The molecule has 17 heavy (non-hydrogen) atoms. The number of aliphatic hydroxyl groups excluding tert-OH is 1. The highest BCUT2D eigenvalue weighted by molar-refractivity contribution is 9.10. The molecule has 94 valence electrons. The highest BCUT2D eigenvalue weighted by atomic mass is 79.9. The number of aliphatic hydroxyl groups is 1. The topological polar surface area (TPSA) is 52.6 Å². The van der Waals surface area contributed by atoms with E-state index in [0.717, 1.165) is 10.0 Å². The Morgan fingerprint density at radius 3 is 2.59 bits per heavy atom. The van der Waals surface area contributed by atoms with Crippen molar-refractivity contribution in [3.63, 3.8) is 0 Å². The standard InChI is InChI=1S/C12H17BrN2O2/c1-14-12(17)8-15(2)7-11(16)9-3-5-10(13)6-4-9/h3-6,11,16H,7-8H2,1-2H3,(H,14,17). The Bertz CT molecular complexity index is 367. The number of carbonyl (C=O) groups excluding carboxylic acids is 1. The summed E-state index contributed by atoms with van der Waals surface area (Å²) in [5, 5.41) is 12.5. The number of rotatable bonds is 5. The van der Waals surface area contributed by atoms with E-state index in [0.29, 0.717) is 6.54 Å². The van der Waals surface area contributed by atoms with Gasteiger partial charge in [-0.15, -0.1) is 0 Å². The molecule has 0 radical (unpaired) electrons. The van der Waals surface area contributed by atoms with E-state index in [1.54, 1.807) is 19.0 Å². The maximum Gasteiger partial charge on any atom is 0.233 e. The molecule has 1 aromatic carbocycles. The minimum Gasteiger partial charge on any atom is -0.387 e. The van der Waals surface area contributed by atoms with Crippen LogP contribution in [0.5, 0.6) is 0 Å². The molecule has 1 rings (SSSR count). The number of likely N-dealkylation sites (N-methyl/N-ethyl adjacent to an activating group) is 2. The van der Waals surface area contributed by atoms with Gasteiger partial charge in [0.15, 0.2) is 0 Å². The second-order valence-corrected chi connectivity index (χ2v) is 4.85. The Morgan fingerprint density at radius 1 is 1.47 bits per heavy atom. The second-order valence-electron chi connectivity index (χ2n) is 3.94. The SMILES string of the molecule is CNC(=O)CN(C)CC(O)c1ccc(Br)cc1. The van der Waals surface area contributed by atoms with Crippen LogP contribution in [0.2, 0.25) is 0 Å². The summed E-state index contributed by atoms with van der Waals surface area (Å²) in [6.45, 7) is 0.707. The number of nitrogens with zero attached hydrogens (tertiary/aromatic N) is 1. The first-order chi connectivity index (χ1) is 8.02. The molecule has 5 heteroatoms. The lowest BCUT2D eigenvalue weighted by molar-refractivity contribution is -0.121. The van der Waals surface area contributed by atoms with Crippen molar-refractivity contribution in [3.8, 4) is 0 Å². The molecule has 2 N–H and O–H groups in total. The summed E-state index contributed by atoms with van der Waals surface area (Å²) in [5.41, 5.74) is 0.844. The maximum absolute atomic E-state index is 11.1. The van der Waals surface area contributed by atoms with Crippen LogP contribution in [0.3, 0.4) is 0 Å². The minimum absolute atomic E-state index is 0.0597. The van der Waals surface area contributed by atoms with Gasteiger partial charge in [-0.05, 0) is 24.7 Å². The van der Waals surface area contributed by atoms with Gasteiger partial charge in [-0.1, -0.05) is 28.1 Å². The summed E-state index contributed by atoms with van der Waals surface area (Å²) < 4.78 is 0.979. The predicted molar refractivity (Wildman–Crippen MR) is 70.7 cm³/mol. The molecule has 0 saturated heterocycles. The van der Waals surface area contributed by atoms with E-state index in [4.69, 9.17) is 0 Å². The zero-order valence-electron chi connectivity index (χ0n) is 9.98. The molecule has 1 aromatic rings. The van der Waals surface area contributed by atoms with Gasteiger partial charge in [0.2, 0.25) is 5.91 Å². The quantitative estimate of drug-likeness (QED) is 0.858. The van der Waals surface area contributed by atoms with Gasteiger partial charge in [0, 0.05) is 18.1 Å². The number of halogens is 1. The highest BCUT2D eigenvalue weighted by Crippen LogP contribution is 2.17. The summed E-state index contributed by atoms with van der Waals surface area (Å²) in [6.07, 6.45) is -0.585. The predicted octanol–water partition coefficient (Wildman–Crippen LogP) is 1.16. The molecule has 4 nitrogen and oxygen atoms in total. The van der Waals surface area contributed by atoms with E-state index >= 15 is 0 Å². The summed E-state index contributed by atoms with van der Waals surface area (Å²) >= 11 is 3.34. The molecule has 1 amide bonds.